The van der Waals surface area contributed by atoms with Crippen LogP contribution in [0, 0.1) is 20.2 Å². The normalized spacial score (nSPS) is 11.3. The first-order valence-electron chi connectivity index (χ1n) is 8.34. The summed E-state index contributed by atoms with van der Waals surface area (Å²) in [5, 5.41) is 24.3. The Bertz CT molecular complexity index is 961. The van der Waals surface area contributed by atoms with Crippen molar-refractivity contribution in [2.75, 3.05) is 7.11 Å². The van der Waals surface area contributed by atoms with Gasteiger partial charge >= 0.3 is 0 Å². The van der Waals surface area contributed by atoms with Gasteiger partial charge in [-0.25, -0.2) is 0 Å². The second-order valence-corrected chi connectivity index (χ2v) is 6.08. The van der Waals surface area contributed by atoms with Crippen molar-refractivity contribution >= 4 is 23.2 Å². The number of nitrogens with two attached hydrogens (primary N) is 1. The van der Waals surface area contributed by atoms with Crippen molar-refractivity contribution in [2.24, 2.45) is 5.73 Å². The highest BCUT2D eigenvalue weighted by molar-refractivity contribution is 5.87. The third kappa shape index (κ3) is 5.73. The summed E-state index contributed by atoms with van der Waals surface area (Å²) in [5.74, 6) is -1.13. The van der Waals surface area contributed by atoms with Crippen LogP contribution in [0.2, 0.25) is 0 Å². The van der Waals surface area contributed by atoms with Gasteiger partial charge in [-0.1, -0.05) is 12.1 Å². The summed E-state index contributed by atoms with van der Waals surface area (Å²) < 4.78 is 5.15. The number of carbonyl (C=O) groups is 2. The molecule has 0 spiro atoms. The van der Waals surface area contributed by atoms with Crippen molar-refractivity contribution in [1.82, 2.24) is 5.32 Å². The van der Waals surface area contributed by atoms with Crippen molar-refractivity contribution < 1.29 is 24.2 Å². The van der Waals surface area contributed by atoms with Crippen LogP contribution in [0.25, 0.3) is 0 Å². The summed E-state index contributed by atoms with van der Waals surface area (Å²) in [6.07, 6.45) is -0.335. The number of hydrogen-bond donors (Lipinski definition) is 2. The van der Waals surface area contributed by atoms with Gasteiger partial charge in [0, 0.05) is 36.2 Å². The molecule has 3 N–H and O–H groups in total. The van der Waals surface area contributed by atoms with E-state index in [0.717, 1.165) is 0 Å². The Labute approximate surface area is 164 Å². The number of hydrogen-bond acceptors (Lipinski definition) is 7. The van der Waals surface area contributed by atoms with Crippen LogP contribution < -0.4 is 15.8 Å². The van der Waals surface area contributed by atoms with E-state index in [1.54, 1.807) is 0 Å². The molecular weight excluding hydrogens is 384 g/mol. The minimum Gasteiger partial charge on any atom is -0.496 e. The van der Waals surface area contributed by atoms with E-state index in [4.69, 9.17) is 10.5 Å². The van der Waals surface area contributed by atoms with Crippen LogP contribution >= 0.6 is 0 Å². The highest BCUT2D eigenvalue weighted by Crippen LogP contribution is 2.25. The number of nitro groups is 2. The van der Waals surface area contributed by atoms with E-state index in [-0.39, 0.29) is 24.2 Å². The van der Waals surface area contributed by atoms with Gasteiger partial charge in [0.05, 0.1) is 23.4 Å². The highest BCUT2D eigenvalue weighted by Gasteiger charge is 2.22. The summed E-state index contributed by atoms with van der Waals surface area (Å²) in [5.41, 5.74) is 5.70. The standard InChI is InChI=1S/C18H18N4O7/c1-29-16-6-5-14(22(27)28)9-12(16)10-15(18(19)24)20-17(23)8-11-3-2-4-13(7-11)21(25)26/h2-7,9,15H,8,10H2,1H3,(H2,19,24)(H,20,23)/t15-/m1/s1. The number of nitrogens with one attached hydrogen (secondary N) is 1. The van der Waals surface area contributed by atoms with Gasteiger partial charge in [0.15, 0.2) is 0 Å². The van der Waals surface area contributed by atoms with Gasteiger partial charge in [0.25, 0.3) is 11.4 Å². The van der Waals surface area contributed by atoms with Gasteiger partial charge in [-0.3, -0.25) is 29.8 Å². The predicted octanol–water partition coefficient (Wildman–Crippen LogP) is 1.27. The van der Waals surface area contributed by atoms with E-state index in [9.17, 15) is 29.8 Å². The van der Waals surface area contributed by atoms with Gasteiger partial charge in [-0.2, -0.15) is 0 Å². The summed E-state index contributed by atoms with van der Waals surface area (Å²) in [6, 6.07) is 8.25. The van der Waals surface area contributed by atoms with Crippen LogP contribution in [0.1, 0.15) is 11.1 Å². The van der Waals surface area contributed by atoms with E-state index in [1.807, 2.05) is 0 Å². The zero-order valence-electron chi connectivity index (χ0n) is 15.4. The van der Waals surface area contributed by atoms with Crippen molar-refractivity contribution in [1.29, 1.82) is 0 Å². The lowest BCUT2D eigenvalue weighted by Crippen LogP contribution is -2.46. The van der Waals surface area contributed by atoms with Gasteiger partial charge in [-0.15, -0.1) is 0 Å². The lowest BCUT2D eigenvalue weighted by Gasteiger charge is -2.17. The highest BCUT2D eigenvalue weighted by atomic mass is 16.6. The SMILES string of the molecule is COc1ccc([N+](=O)[O-])cc1C[C@@H](NC(=O)Cc1cccc([N+](=O)[O-])c1)C(N)=O. The number of carbonyl (C=O) groups excluding carboxylic acids is 2. The first-order chi connectivity index (χ1) is 13.7. The first-order valence-corrected chi connectivity index (χ1v) is 8.34. The maximum Gasteiger partial charge on any atom is 0.269 e. The van der Waals surface area contributed by atoms with Crippen molar-refractivity contribution in [3.8, 4) is 5.75 Å². The number of rotatable bonds is 9. The quantitative estimate of drug-likeness (QED) is 0.470. The molecule has 2 aromatic rings. The molecule has 11 heteroatoms. The fourth-order valence-electron chi connectivity index (χ4n) is 2.69. The lowest BCUT2D eigenvalue weighted by atomic mass is 10.0. The van der Waals surface area contributed by atoms with Gasteiger partial charge < -0.3 is 15.8 Å². The molecule has 0 aliphatic heterocycles. The molecule has 0 heterocycles. The Morgan fingerprint density at radius 1 is 1.10 bits per heavy atom. The predicted molar refractivity (Wildman–Crippen MR) is 101 cm³/mol. The molecule has 1 atom stereocenters. The molecule has 0 bridgehead atoms. The Kier molecular flexibility index (Phi) is 6.80. The van der Waals surface area contributed by atoms with E-state index in [0.29, 0.717) is 16.9 Å². The Morgan fingerprint density at radius 2 is 1.76 bits per heavy atom. The summed E-state index contributed by atoms with van der Waals surface area (Å²) in [7, 11) is 1.37. The molecule has 0 fully saturated rings. The fourth-order valence-corrected chi connectivity index (χ4v) is 2.69. The molecule has 152 valence electrons. The maximum atomic E-state index is 12.3. The molecule has 11 nitrogen and oxygen atoms in total. The first kappa shape index (κ1) is 21.3. The fraction of sp³-hybridized carbons (Fsp3) is 0.222. The van der Waals surface area contributed by atoms with Crippen molar-refractivity contribution in [2.45, 2.75) is 18.9 Å². The summed E-state index contributed by atoms with van der Waals surface area (Å²) in [4.78, 5) is 44.7. The minimum atomic E-state index is -1.16. The Balaban J connectivity index is 2.16. The number of methoxy groups -OCH3 is 1. The maximum absolute atomic E-state index is 12.3. The van der Waals surface area contributed by atoms with Gasteiger partial charge in [-0.05, 0) is 11.6 Å². The van der Waals surface area contributed by atoms with Crippen LogP contribution in [-0.2, 0) is 22.4 Å². The average Bonchev–Trinajstić information content (AvgIpc) is 2.67. The third-order valence-electron chi connectivity index (χ3n) is 4.06. The second-order valence-electron chi connectivity index (χ2n) is 6.08. The number of primary amides is 1. The van der Waals surface area contributed by atoms with Crippen LogP contribution in [0.5, 0.6) is 5.75 Å². The molecule has 0 unspecified atom stereocenters. The molecule has 2 amide bonds. The van der Waals surface area contributed by atoms with E-state index < -0.39 is 27.7 Å². The van der Waals surface area contributed by atoms with E-state index in [1.165, 1.54) is 49.6 Å². The Morgan fingerprint density at radius 3 is 2.34 bits per heavy atom. The molecule has 0 aliphatic rings. The number of ether oxygens (including phenoxy) is 1. The molecule has 0 radical (unpaired) electrons. The molecule has 0 saturated carbocycles. The van der Waals surface area contributed by atoms with Crippen LogP contribution in [0.3, 0.4) is 0 Å². The zero-order chi connectivity index (χ0) is 21.6. The van der Waals surface area contributed by atoms with Gasteiger partial charge in [0.2, 0.25) is 11.8 Å². The molecule has 0 saturated heterocycles. The Hall–Kier alpha value is -4.02. The second kappa shape index (κ2) is 9.26. The molecular formula is C18H18N4O7. The zero-order valence-corrected chi connectivity index (χ0v) is 15.4. The molecule has 2 rings (SSSR count). The molecule has 2 aromatic carbocycles. The molecule has 0 aromatic heterocycles. The van der Waals surface area contributed by atoms with Crippen molar-refractivity contribution in [3.05, 3.63) is 73.8 Å². The largest absolute Gasteiger partial charge is 0.496 e. The van der Waals surface area contributed by atoms with Crippen LogP contribution in [-0.4, -0.2) is 34.8 Å². The molecule has 0 aliphatic carbocycles. The average molecular weight is 402 g/mol. The summed E-state index contributed by atoms with van der Waals surface area (Å²) in [6.45, 7) is 0. The molecule has 29 heavy (non-hydrogen) atoms. The van der Waals surface area contributed by atoms with Gasteiger partial charge in [0.1, 0.15) is 11.8 Å². The number of benzene rings is 2. The number of nitro benzene ring substituents is 2. The number of amides is 2. The smallest absolute Gasteiger partial charge is 0.269 e. The summed E-state index contributed by atoms with van der Waals surface area (Å²) >= 11 is 0. The van der Waals surface area contributed by atoms with Crippen LogP contribution in [0.4, 0.5) is 11.4 Å². The lowest BCUT2D eigenvalue weighted by molar-refractivity contribution is -0.385. The minimum absolute atomic E-state index is 0.124. The topological polar surface area (TPSA) is 168 Å². The number of nitrogens with zero attached hydrogens (tertiary/aromatic N) is 2. The third-order valence-corrected chi connectivity index (χ3v) is 4.06. The monoisotopic (exact) mass is 402 g/mol. The van der Waals surface area contributed by atoms with E-state index in [2.05, 4.69) is 5.32 Å². The van der Waals surface area contributed by atoms with Crippen LogP contribution in [0.15, 0.2) is 42.5 Å². The number of non-ortho nitro benzene ring substituents is 2. The van der Waals surface area contributed by atoms with Crippen molar-refractivity contribution in [3.63, 3.8) is 0 Å². The van der Waals surface area contributed by atoms with E-state index >= 15 is 0 Å².